The average Bonchev–Trinajstić information content (AvgIpc) is 2.49. The zero-order valence-corrected chi connectivity index (χ0v) is 10.6. The second kappa shape index (κ2) is 5.71. The monoisotopic (exact) mass is 256 g/mol. The highest BCUT2D eigenvalue weighted by atomic mass is 15.1. The van der Waals surface area contributed by atoms with Crippen LogP contribution in [-0.4, -0.2) is 26.5 Å². The Morgan fingerprint density at radius 2 is 2.16 bits per heavy atom. The maximum atomic E-state index is 4.54. The van der Waals surface area contributed by atoms with Crippen LogP contribution >= 0.6 is 0 Å². The molecule has 1 unspecified atom stereocenters. The minimum absolute atomic E-state index is 0.333. The summed E-state index contributed by atoms with van der Waals surface area (Å²) in [6.07, 6.45) is 10.3. The summed E-state index contributed by atoms with van der Waals surface area (Å²) in [5, 5.41) is 6.54. The zero-order chi connectivity index (χ0) is 12.9. The summed E-state index contributed by atoms with van der Waals surface area (Å²) >= 11 is 0. The molecular weight excluding hydrogens is 240 g/mol. The molecule has 3 heterocycles. The van der Waals surface area contributed by atoms with Crippen molar-refractivity contribution in [2.75, 3.05) is 11.9 Å². The largest absolute Gasteiger partial charge is 0.309 e. The Kier molecular flexibility index (Phi) is 3.60. The lowest BCUT2D eigenvalue weighted by molar-refractivity contribution is 0.405. The van der Waals surface area contributed by atoms with Crippen molar-refractivity contribution in [3.63, 3.8) is 0 Å². The first kappa shape index (κ1) is 12.0. The Labute approximate surface area is 111 Å². The maximum Gasteiger partial charge on any atom is 0.228 e. The van der Waals surface area contributed by atoms with E-state index in [0.717, 1.165) is 18.7 Å². The second-order valence-electron chi connectivity index (χ2n) is 4.52. The minimum Gasteiger partial charge on any atom is -0.309 e. The van der Waals surface area contributed by atoms with Gasteiger partial charge in [-0.15, -0.1) is 0 Å². The summed E-state index contributed by atoms with van der Waals surface area (Å²) in [5.41, 5.74) is 1.03. The van der Waals surface area contributed by atoms with Crippen LogP contribution in [0, 0.1) is 0 Å². The van der Waals surface area contributed by atoms with Gasteiger partial charge >= 0.3 is 0 Å². The topological polar surface area (TPSA) is 75.6 Å². The molecule has 1 saturated heterocycles. The second-order valence-corrected chi connectivity index (χ2v) is 4.52. The van der Waals surface area contributed by atoms with E-state index in [4.69, 9.17) is 0 Å². The predicted molar refractivity (Wildman–Crippen MR) is 71.9 cm³/mol. The molecule has 6 heteroatoms. The molecule has 98 valence electrons. The molecule has 1 aliphatic rings. The predicted octanol–water partition coefficient (Wildman–Crippen LogP) is 1.82. The van der Waals surface area contributed by atoms with E-state index in [0.29, 0.717) is 17.8 Å². The van der Waals surface area contributed by atoms with Crippen molar-refractivity contribution in [2.45, 2.75) is 25.3 Å². The van der Waals surface area contributed by atoms with Crippen molar-refractivity contribution in [1.29, 1.82) is 0 Å². The normalized spacial score (nSPS) is 19.1. The Balaban J connectivity index is 1.76. The van der Waals surface area contributed by atoms with Gasteiger partial charge in [-0.3, -0.25) is 4.98 Å². The van der Waals surface area contributed by atoms with Gasteiger partial charge in [-0.05, 0) is 25.5 Å². The summed E-state index contributed by atoms with van der Waals surface area (Å²) in [7, 11) is 0. The third kappa shape index (κ3) is 3.03. The fourth-order valence-corrected chi connectivity index (χ4v) is 2.21. The fraction of sp³-hybridized carbons (Fsp3) is 0.385. The highest BCUT2D eigenvalue weighted by Crippen LogP contribution is 2.21. The van der Waals surface area contributed by atoms with E-state index in [-0.39, 0.29) is 0 Å². The van der Waals surface area contributed by atoms with Crippen LogP contribution in [0.15, 0.2) is 30.9 Å². The number of hydrogen-bond donors (Lipinski definition) is 2. The van der Waals surface area contributed by atoms with Gasteiger partial charge < -0.3 is 10.6 Å². The van der Waals surface area contributed by atoms with E-state index in [9.17, 15) is 0 Å². The summed E-state index contributed by atoms with van der Waals surface area (Å²) in [4.78, 5) is 16.9. The third-order valence-electron chi connectivity index (χ3n) is 3.15. The van der Waals surface area contributed by atoms with Crippen molar-refractivity contribution in [2.24, 2.45) is 0 Å². The number of aromatic nitrogens is 4. The van der Waals surface area contributed by atoms with Crippen LogP contribution in [0.25, 0.3) is 0 Å². The van der Waals surface area contributed by atoms with Gasteiger partial charge in [0.05, 0.1) is 11.9 Å². The lowest BCUT2D eigenvalue weighted by Gasteiger charge is -2.23. The molecule has 0 aromatic carbocycles. The van der Waals surface area contributed by atoms with Crippen LogP contribution in [0.5, 0.6) is 0 Å². The van der Waals surface area contributed by atoms with Crippen molar-refractivity contribution in [3.05, 3.63) is 36.5 Å². The Hall–Kier alpha value is -2.08. The van der Waals surface area contributed by atoms with Gasteiger partial charge in [0.25, 0.3) is 0 Å². The first-order valence-corrected chi connectivity index (χ1v) is 6.51. The zero-order valence-electron chi connectivity index (χ0n) is 10.6. The van der Waals surface area contributed by atoms with Gasteiger partial charge in [0.15, 0.2) is 5.82 Å². The van der Waals surface area contributed by atoms with Gasteiger partial charge in [0, 0.05) is 24.6 Å². The van der Waals surface area contributed by atoms with E-state index in [2.05, 4.69) is 30.6 Å². The van der Waals surface area contributed by atoms with Crippen molar-refractivity contribution < 1.29 is 0 Å². The summed E-state index contributed by atoms with van der Waals surface area (Å²) in [6, 6.07) is 2.30. The van der Waals surface area contributed by atoms with Gasteiger partial charge in [0.1, 0.15) is 0 Å². The van der Waals surface area contributed by atoms with Crippen LogP contribution in [0.3, 0.4) is 0 Å². The van der Waals surface area contributed by atoms with E-state index >= 15 is 0 Å². The lowest BCUT2D eigenvalue weighted by atomic mass is 10.0. The van der Waals surface area contributed by atoms with Gasteiger partial charge in [-0.1, -0.05) is 6.42 Å². The number of nitrogens with one attached hydrogen (secondary N) is 2. The number of rotatable bonds is 3. The molecule has 19 heavy (non-hydrogen) atoms. The van der Waals surface area contributed by atoms with E-state index in [1.54, 1.807) is 24.8 Å². The fourth-order valence-electron chi connectivity index (χ4n) is 2.21. The molecule has 0 spiro atoms. The van der Waals surface area contributed by atoms with E-state index in [1.807, 2.05) is 6.07 Å². The van der Waals surface area contributed by atoms with Crippen molar-refractivity contribution in [1.82, 2.24) is 25.3 Å². The smallest absolute Gasteiger partial charge is 0.228 e. The minimum atomic E-state index is 0.333. The van der Waals surface area contributed by atoms with Gasteiger partial charge in [0.2, 0.25) is 5.95 Å². The molecule has 0 saturated carbocycles. The number of hydrogen-bond acceptors (Lipinski definition) is 6. The van der Waals surface area contributed by atoms with Crippen LogP contribution in [0.1, 0.15) is 31.0 Å². The van der Waals surface area contributed by atoms with Gasteiger partial charge in [-0.25, -0.2) is 15.0 Å². The molecule has 3 rings (SSSR count). The van der Waals surface area contributed by atoms with Gasteiger partial charge in [-0.2, -0.15) is 0 Å². The molecule has 1 atom stereocenters. The average molecular weight is 256 g/mol. The molecule has 2 aromatic rings. The summed E-state index contributed by atoms with van der Waals surface area (Å²) < 4.78 is 0. The Morgan fingerprint density at radius 1 is 1.16 bits per heavy atom. The van der Waals surface area contributed by atoms with Crippen molar-refractivity contribution >= 4 is 11.8 Å². The molecular formula is C13H16N6. The summed E-state index contributed by atoms with van der Waals surface area (Å²) in [5.74, 6) is 1.21. The third-order valence-corrected chi connectivity index (χ3v) is 3.15. The molecule has 0 amide bonds. The highest BCUT2D eigenvalue weighted by Gasteiger charge is 2.16. The molecule has 2 aromatic heterocycles. The van der Waals surface area contributed by atoms with Crippen LogP contribution < -0.4 is 10.6 Å². The van der Waals surface area contributed by atoms with Crippen LogP contribution in [0.4, 0.5) is 11.8 Å². The molecule has 6 nitrogen and oxygen atoms in total. The van der Waals surface area contributed by atoms with Crippen LogP contribution in [0.2, 0.25) is 0 Å². The standard InChI is InChI=1S/C13H16N6/c1-2-5-15-10(3-1)11-4-6-17-13(18-11)19-12-9-14-7-8-16-12/h4,6-10,15H,1-3,5H2,(H,16,17,18,19). The molecule has 1 fully saturated rings. The Morgan fingerprint density at radius 3 is 2.95 bits per heavy atom. The first-order chi connectivity index (χ1) is 9.42. The number of piperidine rings is 1. The molecule has 2 N–H and O–H groups in total. The van der Waals surface area contributed by atoms with Crippen LogP contribution in [-0.2, 0) is 0 Å². The van der Waals surface area contributed by atoms with E-state index < -0.39 is 0 Å². The molecule has 0 aliphatic carbocycles. The SMILES string of the molecule is c1cnc(Nc2nccc(C3CCCCN3)n2)cn1. The molecule has 0 radical (unpaired) electrons. The maximum absolute atomic E-state index is 4.54. The molecule has 0 bridgehead atoms. The molecule has 1 aliphatic heterocycles. The number of anilines is 2. The Bertz CT molecular complexity index is 524. The summed E-state index contributed by atoms with van der Waals surface area (Å²) in [6.45, 7) is 1.06. The highest BCUT2D eigenvalue weighted by molar-refractivity contribution is 5.45. The lowest BCUT2D eigenvalue weighted by Crippen LogP contribution is -2.27. The van der Waals surface area contributed by atoms with E-state index in [1.165, 1.54) is 12.8 Å². The number of nitrogens with zero attached hydrogens (tertiary/aromatic N) is 4. The van der Waals surface area contributed by atoms with Crippen molar-refractivity contribution in [3.8, 4) is 0 Å². The first-order valence-electron chi connectivity index (χ1n) is 6.51. The quantitative estimate of drug-likeness (QED) is 0.872.